The van der Waals surface area contributed by atoms with Crippen molar-refractivity contribution < 1.29 is 22.7 Å². The van der Waals surface area contributed by atoms with Crippen LogP contribution in [0, 0.1) is 5.92 Å². The molecule has 1 amide bonds. The SMILES string of the molecule is CCOc1ccc(S(=O)(=O)NCC(=O)NC(C)(CN)C2CC2)cc1OCC. The van der Waals surface area contributed by atoms with Crippen LogP contribution in [0.3, 0.4) is 0 Å². The van der Waals surface area contributed by atoms with Crippen molar-refractivity contribution >= 4 is 15.9 Å². The molecule has 1 aliphatic rings. The number of benzene rings is 1. The van der Waals surface area contributed by atoms with Gasteiger partial charge in [-0.05, 0) is 51.7 Å². The molecule has 4 N–H and O–H groups in total. The summed E-state index contributed by atoms with van der Waals surface area (Å²) in [6, 6.07) is 4.35. The second-order valence-corrected chi connectivity index (χ2v) is 8.51. The molecule has 1 aromatic rings. The van der Waals surface area contributed by atoms with Gasteiger partial charge >= 0.3 is 0 Å². The first-order chi connectivity index (χ1) is 12.8. The van der Waals surface area contributed by atoms with Crippen molar-refractivity contribution in [1.82, 2.24) is 10.0 Å². The van der Waals surface area contributed by atoms with E-state index in [1.165, 1.54) is 12.1 Å². The van der Waals surface area contributed by atoms with Crippen molar-refractivity contribution in [3.8, 4) is 11.5 Å². The molecule has 1 fully saturated rings. The molecule has 1 atom stereocenters. The Bertz CT molecular complexity index is 764. The number of hydrogen-bond acceptors (Lipinski definition) is 6. The van der Waals surface area contributed by atoms with Crippen LogP contribution in [0.1, 0.15) is 33.6 Å². The van der Waals surface area contributed by atoms with Gasteiger partial charge in [-0.1, -0.05) is 0 Å². The predicted octanol–water partition coefficient (Wildman–Crippen LogP) is 1.01. The summed E-state index contributed by atoms with van der Waals surface area (Å²) >= 11 is 0. The highest BCUT2D eigenvalue weighted by Crippen LogP contribution is 2.38. The molecule has 1 aromatic carbocycles. The lowest BCUT2D eigenvalue weighted by Crippen LogP contribution is -2.55. The topological polar surface area (TPSA) is 120 Å². The van der Waals surface area contributed by atoms with Gasteiger partial charge in [0.25, 0.3) is 0 Å². The van der Waals surface area contributed by atoms with Crippen LogP contribution in [-0.2, 0) is 14.8 Å². The molecule has 0 aliphatic heterocycles. The fourth-order valence-electron chi connectivity index (χ4n) is 2.85. The molecule has 0 saturated heterocycles. The summed E-state index contributed by atoms with van der Waals surface area (Å²) < 4.78 is 38.3. The minimum Gasteiger partial charge on any atom is -0.490 e. The lowest BCUT2D eigenvalue weighted by atomic mass is 9.96. The van der Waals surface area contributed by atoms with Crippen LogP contribution < -0.4 is 25.2 Å². The second-order valence-electron chi connectivity index (χ2n) is 6.74. The van der Waals surface area contributed by atoms with E-state index in [0.29, 0.717) is 37.2 Å². The molecule has 152 valence electrons. The summed E-state index contributed by atoms with van der Waals surface area (Å²) in [6.45, 7) is 6.28. The molecule has 2 rings (SSSR count). The molecule has 27 heavy (non-hydrogen) atoms. The van der Waals surface area contributed by atoms with Gasteiger partial charge in [-0.2, -0.15) is 0 Å². The number of carbonyl (C=O) groups is 1. The molecular formula is C18H29N3O5S. The highest BCUT2D eigenvalue weighted by Gasteiger charge is 2.41. The number of carbonyl (C=O) groups excluding carboxylic acids is 1. The Labute approximate surface area is 160 Å². The molecule has 1 aliphatic carbocycles. The molecular weight excluding hydrogens is 370 g/mol. The van der Waals surface area contributed by atoms with Crippen LogP contribution in [0.15, 0.2) is 23.1 Å². The molecule has 0 radical (unpaired) electrons. The first-order valence-corrected chi connectivity index (χ1v) is 10.6. The van der Waals surface area contributed by atoms with Gasteiger partial charge in [0.05, 0.1) is 30.2 Å². The molecule has 1 unspecified atom stereocenters. The summed E-state index contributed by atoms with van der Waals surface area (Å²) in [5.74, 6) is 0.757. The van der Waals surface area contributed by atoms with Crippen LogP contribution >= 0.6 is 0 Å². The van der Waals surface area contributed by atoms with Gasteiger partial charge in [0.1, 0.15) is 0 Å². The number of amides is 1. The maximum atomic E-state index is 12.5. The van der Waals surface area contributed by atoms with Gasteiger partial charge in [-0.15, -0.1) is 0 Å². The Morgan fingerprint density at radius 2 is 1.85 bits per heavy atom. The second kappa shape index (κ2) is 8.90. The van der Waals surface area contributed by atoms with E-state index in [1.54, 1.807) is 13.0 Å². The predicted molar refractivity (Wildman–Crippen MR) is 102 cm³/mol. The first-order valence-electron chi connectivity index (χ1n) is 9.16. The lowest BCUT2D eigenvalue weighted by Gasteiger charge is -2.29. The minimum atomic E-state index is -3.87. The van der Waals surface area contributed by atoms with Gasteiger partial charge in [-0.3, -0.25) is 4.79 Å². The van der Waals surface area contributed by atoms with E-state index >= 15 is 0 Å². The number of nitrogens with two attached hydrogens (primary N) is 1. The van der Waals surface area contributed by atoms with Crippen molar-refractivity contribution in [3.63, 3.8) is 0 Å². The zero-order valence-electron chi connectivity index (χ0n) is 16.1. The van der Waals surface area contributed by atoms with Gasteiger partial charge in [-0.25, -0.2) is 13.1 Å². The lowest BCUT2D eigenvalue weighted by molar-refractivity contribution is -0.121. The number of ether oxygens (including phenoxy) is 2. The summed E-state index contributed by atoms with van der Waals surface area (Å²) in [7, 11) is -3.87. The molecule has 9 heteroatoms. The number of sulfonamides is 1. The quantitative estimate of drug-likeness (QED) is 0.511. The zero-order valence-corrected chi connectivity index (χ0v) is 16.9. The standard InChI is InChI=1S/C18H29N3O5S/c1-4-25-15-9-8-14(10-16(15)26-5-2)27(23,24)20-11-17(22)21-18(3,12-19)13-6-7-13/h8-10,13,20H,4-7,11-12,19H2,1-3H3,(H,21,22). The summed E-state index contributed by atoms with van der Waals surface area (Å²) in [6.07, 6.45) is 2.04. The van der Waals surface area contributed by atoms with Gasteiger partial charge in [0, 0.05) is 12.6 Å². The van der Waals surface area contributed by atoms with Crippen molar-refractivity contribution in [2.24, 2.45) is 11.7 Å². The van der Waals surface area contributed by atoms with Crippen LogP contribution in [0.25, 0.3) is 0 Å². The summed E-state index contributed by atoms with van der Waals surface area (Å²) in [4.78, 5) is 12.2. The summed E-state index contributed by atoms with van der Waals surface area (Å²) in [5.41, 5.74) is 5.28. The fraction of sp³-hybridized carbons (Fsp3) is 0.611. The zero-order chi connectivity index (χ0) is 20.1. The van der Waals surface area contributed by atoms with Crippen molar-refractivity contribution in [2.45, 2.75) is 44.0 Å². The molecule has 0 heterocycles. The maximum Gasteiger partial charge on any atom is 0.241 e. The van der Waals surface area contributed by atoms with E-state index in [2.05, 4.69) is 10.0 Å². The highest BCUT2D eigenvalue weighted by atomic mass is 32.2. The molecule has 8 nitrogen and oxygen atoms in total. The molecule has 0 bridgehead atoms. The average molecular weight is 400 g/mol. The van der Waals surface area contributed by atoms with Gasteiger partial charge in [0.2, 0.25) is 15.9 Å². The van der Waals surface area contributed by atoms with E-state index in [9.17, 15) is 13.2 Å². The Morgan fingerprint density at radius 3 is 2.41 bits per heavy atom. The molecule has 0 aromatic heterocycles. The van der Waals surface area contributed by atoms with Crippen molar-refractivity contribution in [3.05, 3.63) is 18.2 Å². The third kappa shape index (κ3) is 5.57. The first kappa shape index (κ1) is 21.5. The number of nitrogens with one attached hydrogen (secondary N) is 2. The summed E-state index contributed by atoms with van der Waals surface area (Å²) in [5, 5.41) is 2.85. The van der Waals surface area contributed by atoms with E-state index in [0.717, 1.165) is 12.8 Å². The van der Waals surface area contributed by atoms with E-state index in [4.69, 9.17) is 15.2 Å². The Morgan fingerprint density at radius 1 is 1.22 bits per heavy atom. The monoisotopic (exact) mass is 399 g/mol. The van der Waals surface area contributed by atoms with E-state index in [-0.39, 0.29) is 11.4 Å². The molecule has 1 saturated carbocycles. The highest BCUT2D eigenvalue weighted by molar-refractivity contribution is 7.89. The van der Waals surface area contributed by atoms with Crippen molar-refractivity contribution in [2.75, 3.05) is 26.3 Å². The average Bonchev–Trinajstić information content (AvgIpc) is 3.47. The third-order valence-corrected chi connectivity index (χ3v) is 5.97. The fourth-order valence-corrected chi connectivity index (χ4v) is 3.84. The van der Waals surface area contributed by atoms with Gasteiger partial charge < -0.3 is 20.5 Å². The van der Waals surface area contributed by atoms with Crippen LogP contribution in [0.2, 0.25) is 0 Å². The van der Waals surface area contributed by atoms with Gasteiger partial charge in [0.15, 0.2) is 11.5 Å². The minimum absolute atomic E-state index is 0.00554. The maximum absolute atomic E-state index is 12.5. The Hall–Kier alpha value is -1.84. The van der Waals surface area contributed by atoms with Crippen LogP contribution in [0.4, 0.5) is 0 Å². The van der Waals surface area contributed by atoms with Crippen LogP contribution in [-0.4, -0.2) is 46.2 Å². The third-order valence-electron chi connectivity index (χ3n) is 4.58. The normalized spacial score (nSPS) is 16.4. The molecule has 0 spiro atoms. The van der Waals surface area contributed by atoms with E-state index in [1.807, 2.05) is 13.8 Å². The van der Waals surface area contributed by atoms with E-state index < -0.39 is 21.5 Å². The van der Waals surface area contributed by atoms with Crippen LogP contribution in [0.5, 0.6) is 11.5 Å². The largest absolute Gasteiger partial charge is 0.490 e. The Kier molecular flexibility index (Phi) is 7.07. The number of hydrogen-bond donors (Lipinski definition) is 3. The smallest absolute Gasteiger partial charge is 0.241 e. The Balaban J connectivity index is 2.05. The van der Waals surface area contributed by atoms with Crippen molar-refractivity contribution in [1.29, 1.82) is 0 Å². The number of rotatable bonds is 11.